The molecule has 4 rings (SSSR count). The van der Waals surface area contributed by atoms with Gasteiger partial charge in [-0.2, -0.15) is 27.0 Å². The third-order valence-electron chi connectivity index (χ3n) is 4.48. The highest BCUT2D eigenvalue weighted by Gasteiger charge is 2.58. The zero-order chi connectivity index (χ0) is 15.0. The fraction of sp³-hybridized carbons (Fsp3) is 0.263. The number of fused-ring (bicyclic) bond motifs is 1. The van der Waals surface area contributed by atoms with Crippen LogP contribution in [0.5, 0.6) is 5.75 Å². The van der Waals surface area contributed by atoms with Crippen molar-refractivity contribution in [2.45, 2.75) is 12.0 Å². The largest absolute Gasteiger partial charge is 0.481 e. The molecule has 1 aliphatic rings. The standard InChI is InChI=1S/C19H19NOS.ClH.2H2S/c1-20-13-15-12-19(15,18-10-5-11-22-18)21-17-9-4-7-14-6-2-3-8-16(14)17;;;/h2-11,15,20H,12-13H2,1H3;1H;2*1H2/t15-,19-;;;/m0.../s1. The Balaban J connectivity index is 0.00000104. The lowest BCUT2D eigenvalue weighted by molar-refractivity contribution is 0.167. The van der Waals surface area contributed by atoms with Gasteiger partial charge in [-0.15, -0.1) is 23.7 Å². The van der Waals surface area contributed by atoms with Crippen molar-refractivity contribution in [3.8, 4) is 5.75 Å². The maximum Gasteiger partial charge on any atom is 0.148 e. The minimum atomic E-state index is -0.151. The summed E-state index contributed by atoms with van der Waals surface area (Å²) >= 11 is 1.79. The Hall–Kier alpha value is -0.850. The average molecular weight is 414 g/mol. The number of nitrogens with one attached hydrogen (secondary N) is 1. The Morgan fingerprint density at radius 2 is 1.84 bits per heavy atom. The normalized spacial score (nSPS) is 20.8. The monoisotopic (exact) mass is 413 g/mol. The van der Waals surface area contributed by atoms with E-state index >= 15 is 0 Å². The molecule has 1 saturated carbocycles. The lowest BCUT2D eigenvalue weighted by Crippen LogP contribution is -2.22. The fourth-order valence-electron chi connectivity index (χ4n) is 3.27. The second kappa shape index (κ2) is 9.19. The highest BCUT2D eigenvalue weighted by molar-refractivity contribution is 7.59. The van der Waals surface area contributed by atoms with Crippen molar-refractivity contribution < 1.29 is 4.74 Å². The molecule has 1 N–H and O–H groups in total. The second-order valence-electron chi connectivity index (χ2n) is 5.90. The molecule has 0 unspecified atom stereocenters. The third kappa shape index (κ3) is 4.12. The topological polar surface area (TPSA) is 21.3 Å². The van der Waals surface area contributed by atoms with E-state index < -0.39 is 0 Å². The number of ether oxygens (including phenoxy) is 1. The number of thiophene rings is 1. The molecule has 0 aliphatic heterocycles. The van der Waals surface area contributed by atoms with Crippen molar-refractivity contribution in [3.63, 3.8) is 0 Å². The number of halogens is 1. The van der Waals surface area contributed by atoms with Crippen LogP contribution in [0.3, 0.4) is 0 Å². The van der Waals surface area contributed by atoms with Gasteiger partial charge in [0.15, 0.2) is 0 Å². The molecule has 1 heterocycles. The van der Waals surface area contributed by atoms with Crippen molar-refractivity contribution in [1.29, 1.82) is 0 Å². The van der Waals surface area contributed by atoms with Gasteiger partial charge >= 0.3 is 0 Å². The summed E-state index contributed by atoms with van der Waals surface area (Å²) in [5.74, 6) is 1.53. The summed E-state index contributed by atoms with van der Waals surface area (Å²) in [5.41, 5.74) is -0.151. The predicted molar refractivity (Wildman–Crippen MR) is 121 cm³/mol. The summed E-state index contributed by atoms with van der Waals surface area (Å²) in [5, 5.41) is 7.85. The molecule has 25 heavy (non-hydrogen) atoms. The highest BCUT2D eigenvalue weighted by Crippen LogP contribution is 2.56. The van der Waals surface area contributed by atoms with E-state index in [2.05, 4.69) is 65.3 Å². The van der Waals surface area contributed by atoms with E-state index in [-0.39, 0.29) is 45.0 Å². The van der Waals surface area contributed by atoms with Crippen LogP contribution in [0.4, 0.5) is 0 Å². The highest BCUT2D eigenvalue weighted by atomic mass is 35.5. The average Bonchev–Trinajstić information content (AvgIpc) is 2.99. The van der Waals surface area contributed by atoms with Crippen LogP contribution in [-0.4, -0.2) is 13.6 Å². The second-order valence-corrected chi connectivity index (χ2v) is 6.85. The van der Waals surface area contributed by atoms with Crippen LogP contribution in [0.2, 0.25) is 0 Å². The van der Waals surface area contributed by atoms with Crippen molar-refractivity contribution in [2.75, 3.05) is 13.6 Å². The zero-order valence-electron chi connectivity index (χ0n) is 14.0. The van der Waals surface area contributed by atoms with E-state index in [1.54, 1.807) is 11.3 Å². The van der Waals surface area contributed by atoms with Gasteiger partial charge in [-0.3, -0.25) is 0 Å². The maximum atomic E-state index is 6.61. The van der Waals surface area contributed by atoms with Crippen molar-refractivity contribution in [2.24, 2.45) is 5.92 Å². The van der Waals surface area contributed by atoms with Crippen LogP contribution in [0.25, 0.3) is 10.8 Å². The first-order valence-corrected chi connectivity index (χ1v) is 8.57. The first kappa shape index (κ1) is 22.2. The van der Waals surface area contributed by atoms with E-state index in [0.29, 0.717) is 5.92 Å². The number of benzene rings is 2. The van der Waals surface area contributed by atoms with Crippen LogP contribution in [0, 0.1) is 5.92 Å². The van der Waals surface area contributed by atoms with Crippen molar-refractivity contribution in [1.82, 2.24) is 5.32 Å². The third-order valence-corrected chi connectivity index (χ3v) is 5.51. The first-order chi connectivity index (χ1) is 10.8. The Kier molecular flexibility index (Phi) is 8.16. The van der Waals surface area contributed by atoms with Gasteiger partial charge in [0.2, 0.25) is 0 Å². The van der Waals surface area contributed by atoms with Gasteiger partial charge in [0, 0.05) is 29.1 Å². The van der Waals surface area contributed by atoms with Crippen LogP contribution >= 0.6 is 50.7 Å². The number of hydrogen-bond donors (Lipinski definition) is 1. The molecule has 2 atom stereocenters. The molecule has 0 saturated heterocycles. The van der Waals surface area contributed by atoms with Crippen molar-refractivity contribution in [3.05, 3.63) is 64.9 Å². The summed E-state index contributed by atoms with van der Waals surface area (Å²) < 4.78 is 6.61. The number of rotatable bonds is 5. The van der Waals surface area contributed by atoms with Gasteiger partial charge in [-0.05, 0) is 29.9 Å². The smallest absolute Gasteiger partial charge is 0.148 e. The van der Waals surface area contributed by atoms with E-state index in [1.807, 2.05) is 7.05 Å². The Bertz CT molecular complexity index is 791. The molecule has 0 amide bonds. The minimum Gasteiger partial charge on any atom is -0.481 e. The fourth-order valence-corrected chi connectivity index (χ4v) is 4.22. The molecule has 0 radical (unpaired) electrons. The SMILES string of the molecule is CNC[C@@H]1C[C@@]1(Oc1cccc2ccccc12)c1cccs1.Cl.S.S. The van der Waals surface area contributed by atoms with Crippen LogP contribution < -0.4 is 10.1 Å². The molecular weight excluding hydrogens is 390 g/mol. The Morgan fingerprint density at radius 1 is 1.08 bits per heavy atom. The molecular formula is C19H24ClNOS3. The summed E-state index contributed by atoms with van der Waals surface area (Å²) in [6.45, 7) is 0.989. The van der Waals surface area contributed by atoms with Crippen molar-refractivity contribution >= 4 is 61.5 Å². The van der Waals surface area contributed by atoms with E-state index in [9.17, 15) is 0 Å². The molecule has 0 bridgehead atoms. The molecule has 6 heteroatoms. The van der Waals surface area contributed by atoms with Gasteiger partial charge in [-0.25, -0.2) is 0 Å². The summed E-state index contributed by atoms with van der Waals surface area (Å²) in [6, 6.07) is 19.0. The van der Waals surface area contributed by atoms with E-state index in [1.165, 1.54) is 15.6 Å². The summed E-state index contributed by atoms with van der Waals surface area (Å²) in [7, 11) is 2.01. The molecule has 2 aromatic carbocycles. The lowest BCUT2D eigenvalue weighted by Gasteiger charge is -2.20. The van der Waals surface area contributed by atoms with Crippen LogP contribution in [-0.2, 0) is 5.60 Å². The molecule has 3 aromatic rings. The molecule has 1 aliphatic carbocycles. The summed E-state index contributed by atoms with van der Waals surface area (Å²) in [4.78, 5) is 1.33. The van der Waals surface area contributed by atoms with E-state index in [0.717, 1.165) is 18.7 Å². The molecule has 0 spiro atoms. The zero-order valence-corrected chi connectivity index (χ0v) is 17.6. The first-order valence-electron chi connectivity index (χ1n) is 7.69. The lowest BCUT2D eigenvalue weighted by atomic mass is 10.1. The van der Waals surface area contributed by atoms with Crippen LogP contribution in [0.15, 0.2) is 60.0 Å². The van der Waals surface area contributed by atoms with E-state index in [4.69, 9.17) is 4.74 Å². The Morgan fingerprint density at radius 3 is 2.56 bits per heavy atom. The van der Waals surface area contributed by atoms with Gasteiger partial charge < -0.3 is 10.1 Å². The van der Waals surface area contributed by atoms with Crippen LogP contribution in [0.1, 0.15) is 11.3 Å². The van der Waals surface area contributed by atoms with Gasteiger partial charge in [0.25, 0.3) is 0 Å². The predicted octanol–water partition coefficient (Wildman–Crippen LogP) is 5.06. The molecule has 136 valence electrons. The molecule has 1 fully saturated rings. The van der Waals surface area contributed by atoms with Gasteiger partial charge in [0.1, 0.15) is 11.4 Å². The molecule has 1 aromatic heterocycles. The van der Waals surface area contributed by atoms with Gasteiger partial charge in [-0.1, -0.05) is 42.5 Å². The molecule has 2 nitrogen and oxygen atoms in total. The van der Waals surface area contributed by atoms with Gasteiger partial charge in [0.05, 0.1) is 0 Å². The summed E-state index contributed by atoms with van der Waals surface area (Å²) in [6.07, 6.45) is 1.08. The number of hydrogen-bond acceptors (Lipinski definition) is 3. The quantitative estimate of drug-likeness (QED) is 0.631. The Labute approximate surface area is 173 Å². The minimum absolute atomic E-state index is 0. The maximum absolute atomic E-state index is 6.61.